The first kappa shape index (κ1) is 12.8. The molecule has 0 bridgehead atoms. The summed E-state index contributed by atoms with van der Waals surface area (Å²) in [6, 6.07) is 15.4. The molecule has 0 spiro atoms. The molecule has 3 rings (SSSR count). The summed E-state index contributed by atoms with van der Waals surface area (Å²) in [6.45, 7) is 0. The first-order valence-electron chi connectivity index (χ1n) is 6.21. The van der Waals surface area contributed by atoms with Crippen molar-refractivity contribution in [3.63, 3.8) is 0 Å². The van der Waals surface area contributed by atoms with Crippen LogP contribution >= 0.6 is 11.8 Å². The van der Waals surface area contributed by atoms with E-state index in [9.17, 15) is 4.79 Å². The summed E-state index contributed by atoms with van der Waals surface area (Å²) in [5.74, 6) is 0.673. The number of ether oxygens (including phenoxy) is 1. The minimum absolute atomic E-state index is 0.0837. The minimum atomic E-state index is -0.0837. The van der Waals surface area contributed by atoms with Gasteiger partial charge in [0.1, 0.15) is 5.75 Å². The topological polar surface area (TPSA) is 38.3 Å². The fraction of sp³-hybridized carbons (Fsp3) is 0.0625. The summed E-state index contributed by atoms with van der Waals surface area (Å²) in [5, 5.41) is 2.90. The number of thioether (sulfide) groups is 1. The molecule has 0 saturated carbocycles. The van der Waals surface area contributed by atoms with Crippen LogP contribution in [0.4, 0.5) is 5.69 Å². The van der Waals surface area contributed by atoms with E-state index in [4.69, 9.17) is 4.74 Å². The van der Waals surface area contributed by atoms with E-state index in [1.54, 1.807) is 7.11 Å². The molecule has 1 aliphatic heterocycles. The molecule has 4 heteroatoms. The second kappa shape index (κ2) is 5.43. The zero-order valence-corrected chi connectivity index (χ0v) is 11.7. The molecule has 20 heavy (non-hydrogen) atoms. The van der Waals surface area contributed by atoms with Gasteiger partial charge >= 0.3 is 0 Å². The fourth-order valence-corrected chi connectivity index (χ4v) is 2.97. The van der Waals surface area contributed by atoms with Crippen LogP contribution < -0.4 is 10.1 Å². The highest BCUT2D eigenvalue weighted by molar-refractivity contribution is 8.04. The third kappa shape index (κ3) is 2.42. The number of benzene rings is 2. The molecular weight excluding hydrogens is 270 g/mol. The molecule has 2 aromatic rings. The van der Waals surface area contributed by atoms with Crippen LogP contribution in [0, 0.1) is 0 Å². The quantitative estimate of drug-likeness (QED) is 0.852. The summed E-state index contributed by atoms with van der Waals surface area (Å²) in [4.78, 5) is 13.8. The lowest BCUT2D eigenvalue weighted by Gasteiger charge is -2.18. The molecule has 1 amide bonds. The number of fused-ring (bicyclic) bond motifs is 1. The Kier molecular flexibility index (Phi) is 3.48. The van der Waals surface area contributed by atoms with E-state index in [0.29, 0.717) is 4.91 Å². The van der Waals surface area contributed by atoms with Gasteiger partial charge in [0.05, 0.1) is 17.7 Å². The van der Waals surface area contributed by atoms with E-state index < -0.39 is 0 Å². The standard InChI is InChI=1S/C16H13NO2S/c1-19-13-8-4-2-6-11(13)10-15-16(18)17-12-7-3-5-9-14(12)20-15/h2-10H,1H3,(H,17,18). The Labute approximate surface area is 121 Å². The van der Waals surface area contributed by atoms with Crippen molar-refractivity contribution in [3.8, 4) is 5.75 Å². The number of hydrogen-bond donors (Lipinski definition) is 1. The van der Waals surface area contributed by atoms with Gasteiger partial charge in [-0.1, -0.05) is 42.1 Å². The number of para-hydroxylation sites is 2. The Morgan fingerprint density at radius 2 is 1.85 bits per heavy atom. The predicted octanol–water partition coefficient (Wildman–Crippen LogP) is 3.78. The predicted molar refractivity (Wildman–Crippen MR) is 81.9 cm³/mol. The molecule has 1 heterocycles. The van der Waals surface area contributed by atoms with E-state index in [-0.39, 0.29) is 5.91 Å². The minimum Gasteiger partial charge on any atom is -0.496 e. The molecular formula is C16H13NO2S. The lowest BCUT2D eigenvalue weighted by molar-refractivity contribution is -0.112. The summed E-state index contributed by atoms with van der Waals surface area (Å²) in [7, 11) is 1.63. The molecule has 3 nitrogen and oxygen atoms in total. The van der Waals surface area contributed by atoms with Gasteiger partial charge in [0.25, 0.3) is 5.91 Å². The number of nitrogens with one attached hydrogen (secondary N) is 1. The lowest BCUT2D eigenvalue weighted by atomic mass is 10.2. The molecule has 0 fully saturated rings. The van der Waals surface area contributed by atoms with E-state index >= 15 is 0 Å². The number of carbonyl (C=O) groups excluding carboxylic acids is 1. The average molecular weight is 283 g/mol. The number of amides is 1. The van der Waals surface area contributed by atoms with E-state index in [2.05, 4.69) is 5.32 Å². The van der Waals surface area contributed by atoms with Crippen LogP contribution in [-0.2, 0) is 4.79 Å². The van der Waals surface area contributed by atoms with Gasteiger partial charge in [-0.15, -0.1) is 0 Å². The van der Waals surface area contributed by atoms with Crippen LogP contribution in [0.25, 0.3) is 6.08 Å². The van der Waals surface area contributed by atoms with Gasteiger partial charge in [0.2, 0.25) is 0 Å². The molecule has 1 N–H and O–H groups in total. The van der Waals surface area contributed by atoms with Crippen molar-refractivity contribution in [2.45, 2.75) is 4.90 Å². The van der Waals surface area contributed by atoms with Gasteiger partial charge in [0.15, 0.2) is 0 Å². The summed E-state index contributed by atoms with van der Waals surface area (Å²) >= 11 is 1.47. The van der Waals surface area contributed by atoms with Crippen LogP contribution in [-0.4, -0.2) is 13.0 Å². The monoisotopic (exact) mass is 283 g/mol. The molecule has 0 unspecified atom stereocenters. The maximum absolute atomic E-state index is 12.1. The molecule has 0 atom stereocenters. The molecule has 2 aromatic carbocycles. The van der Waals surface area contributed by atoms with Gasteiger partial charge in [-0.05, 0) is 24.3 Å². The van der Waals surface area contributed by atoms with Crippen molar-refractivity contribution in [1.82, 2.24) is 0 Å². The normalized spacial score (nSPS) is 15.7. The molecule has 0 aromatic heterocycles. The van der Waals surface area contributed by atoms with Gasteiger partial charge < -0.3 is 10.1 Å². The van der Waals surface area contributed by atoms with Gasteiger partial charge in [-0.25, -0.2) is 0 Å². The summed E-state index contributed by atoms with van der Waals surface area (Å²) in [6.07, 6.45) is 1.86. The van der Waals surface area contributed by atoms with Crippen molar-refractivity contribution in [3.05, 3.63) is 59.0 Å². The third-order valence-electron chi connectivity index (χ3n) is 3.00. The van der Waals surface area contributed by atoms with Crippen LogP contribution in [0.15, 0.2) is 58.3 Å². The van der Waals surface area contributed by atoms with Gasteiger partial charge in [0, 0.05) is 10.5 Å². The first-order chi connectivity index (χ1) is 9.78. The molecule has 0 radical (unpaired) electrons. The van der Waals surface area contributed by atoms with Crippen molar-refractivity contribution < 1.29 is 9.53 Å². The number of hydrogen-bond acceptors (Lipinski definition) is 3. The highest BCUT2D eigenvalue weighted by atomic mass is 32.2. The van der Waals surface area contributed by atoms with E-state index in [1.165, 1.54) is 11.8 Å². The van der Waals surface area contributed by atoms with Crippen LogP contribution in [0.1, 0.15) is 5.56 Å². The molecule has 0 aliphatic carbocycles. The van der Waals surface area contributed by atoms with E-state index in [0.717, 1.165) is 21.9 Å². The lowest BCUT2D eigenvalue weighted by Crippen LogP contribution is -2.17. The number of anilines is 1. The summed E-state index contributed by atoms with van der Waals surface area (Å²) < 4.78 is 5.31. The largest absolute Gasteiger partial charge is 0.496 e. The van der Waals surface area contributed by atoms with Crippen LogP contribution in [0.5, 0.6) is 5.75 Å². The molecule has 100 valence electrons. The maximum atomic E-state index is 12.1. The van der Waals surface area contributed by atoms with Crippen molar-refractivity contribution >= 4 is 29.4 Å². The van der Waals surface area contributed by atoms with E-state index in [1.807, 2.05) is 54.6 Å². The maximum Gasteiger partial charge on any atom is 0.262 e. The zero-order valence-electron chi connectivity index (χ0n) is 10.9. The van der Waals surface area contributed by atoms with Crippen molar-refractivity contribution in [1.29, 1.82) is 0 Å². The van der Waals surface area contributed by atoms with Crippen molar-refractivity contribution in [2.75, 3.05) is 12.4 Å². The number of carbonyl (C=O) groups is 1. The Hall–Kier alpha value is -2.20. The third-order valence-corrected chi connectivity index (χ3v) is 4.10. The van der Waals surface area contributed by atoms with Gasteiger partial charge in [-0.2, -0.15) is 0 Å². The Balaban J connectivity index is 1.99. The van der Waals surface area contributed by atoms with Gasteiger partial charge in [-0.3, -0.25) is 4.79 Å². The summed E-state index contributed by atoms with van der Waals surface area (Å²) in [5.41, 5.74) is 1.76. The fourth-order valence-electron chi connectivity index (χ4n) is 2.03. The second-order valence-corrected chi connectivity index (χ2v) is 5.39. The Morgan fingerprint density at radius 3 is 2.70 bits per heavy atom. The Bertz CT molecular complexity index is 694. The smallest absolute Gasteiger partial charge is 0.262 e. The molecule has 0 saturated heterocycles. The molecule has 1 aliphatic rings. The Morgan fingerprint density at radius 1 is 1.10 bits per heavy atom. The highest BCUT2D eigenvalue weighted by Gasteiger charge is 2.20. The zero-order chi connectivity index (χ0) is 13.9. The number of rotatable bonds is 2. The number of methoxy groups -OCH3 is 1. The van der Waals surface area contributed by atoms with Crippen LogP contribution in [0.3, 0.4) is 0 Å². The first-order valence-corrected chi connectivity index (χ1v) is 7.02. The highest BCUT2D eigenvalue weighted by Crippen LogP contribution is 2.39. The average Bonchev–Trinajstić information content (AvgIpc) is 2.48. The SMILES string of the molecule is COc1ccccc1C=C1Sc2ccccc2NC1=O. The van der Waals surface area contributed by atoms with Crippen LogP contribution in [0.2, 0.25) is 0 Å². The second-order valence-electron chi connectivity index (χ2n) is 4.30. The van der Waals surface area contributed by atoms with Crippen molar-refractivity contribution in [2.24, 2.45) is 0 Å².